The Morgan fingerprint density at radius 2 is 1.84 bits per heavy atom. The fourth-order valence-corrected chi connectivity index (χ4v) is 4.67. The summed E-state index contributed by atoms with van der Waals surface area (Å²) in [5, 5.41) is 12.7. The molecule has 1 saturated heterocycles. The van der Waals surface area contributed by atoms with Crippen molar-refractivity contribution in [3.63, 3.8) is 0 Å². The molecule has 3 heterocycles. The maximum atomic E-state index is 5.97. The second kappa shape index (κ2) is 8.78. The third-order valence-electron chi connectivity index (χ3n) is 6.35. The summed E-state index contributed by atoms with van der Waals surface area (Å²) in [7, 11) is 0. The standard InChI is InChI=1S/C22H26ClN7O/c1-15-26-28-30(27-15)19-2-4-20(5-3-19)31-11-8-17-12-21(17)16-6-9-29(10-7-16)22-24-13-18(23)14-25-22/h2-5,13-14,16-17,21H,6-12H2,1H3. The van der Waals surface area contributed by atoms with Crippen LogP contribution in [0.15, 0.2) is 36.7 Å². The van der Waals surface area contributed by atoms with Crippen LogP contribution in [0.4, 0.5) is 5.95 Å². The SMILES string of the molecule is Cc1nnn(-c2ccc(OCCC3CC3C3CCN(c4ncc(Cl)cn4)CC3)cc2)n1. The van der Waals surface area contributed by atoms with Crippen molar-refractivity contribution in [3.8, 4) is 11.4 Å². The average Bonchev–Trinajstić information content (AvgIpc) is 3.44. The molecule has 1 aliphatic carbocycles. The van der Waals surface area contributed by atoms with Gasteiger partial charge in [0.25, 0.3) is 0 Å². The lowest BCUT2D eigenvalue weighted by atomic mass is 9.90. The third-order valence-corrected chi connectivity index (χ3v) is 6.55. The number of aromatic nitrogens is 6. The molecule has 2 aromatic heterocycles. The first kappa shape index (κ1) is 20.2. The number of benzene rings is 1. The van der Waals surface area contributed by atoms with Crippen molar-refractivity contribution < 1.29 is 4.74 Å². The number of piperidine rings is 1. The molecule has 0 N–H and O–H groups in total. The van der Waals surface area contributed by atoms with Crippen LogP contribution in [0, 0.1) is 24.7 Å². The van der Waals surface area contributed by atoms with E-state index in [2.05, 4.69) is 30.3 Å². The Labute approximate surface area is 186 Å². The summed E-state index contributed by atoms with van der Waals surface area (Å²) < 4.78 is 5.97. The smallest absolute Gasteiger partial charge is 0.225 e. The number of ether oxygens (including phenoxy) is 1. The van der Waals surface area contributed by atoms with Crippen molar-refractivity contribution in [1.29, 1.82) is 0 Å². The van der Waals surface area contributed by atoms with Gasteiger partial charge in [-0.2, -0.15) is 0 Å². The van der Waals surface area contributed by atoms with Crippen LogP contribution in [0.2, 0.25) is 5.02 Å². The van der Waals surface area contributed by atoms with Gasteiger partial charge in [-0.1, -0.05) is 11.6 Å². The number of aryl methyl sites for hydroxylation is 1. The van der Waals surface area contributed by atoms with Crippen LogP contribution in [0.3, 0.4) is 0 Å². The van der Waals surface area contributed by atoms with Gasteiger partial charge in [-0.3, -0.25) is 0 Å². The summed E-state index contributed by atoms with van der Waals surface area (Å²) in [5.74, 6) is 4.79. The van der Waals surface area contributed by atoms with Crippen LogP contribution in [0.1, 0.15) is 31.5 Å². The molecule has 1 aliphatic heterocycles. The van der Waals surface area contributed by atoms with Crippen LogP contribution >= 0.6 is 11.6 Å². The summed E-state index contributed by atoms with van der Waals surface area (Å²) in [4.78, 5) is 12.5. The molecule has 9 heteroatoms. The summed E-state index contributed by atoms with van der Waals surface area (Å²) in [6, 6.07) is 7.84. The number of rotatable bonds is 7. The van der Waals surface area contributed by atoms with Gasteiger partial charge in [-0.15, -0.1) is 15.0 Å². The highest BCUT2D eigenvalue weighted by molar-refractivity contribution is 6.30. The van der Waals surface area contributed by atoms with E-state index in [-0.39, 0.29) is 0 Å². The van der Waals surface area contributed by atoms with Crippen LogP contribution in [-0.4, -0.2) is 49.9 Å². The number of hydrogen-bond donors (Lipinski definition) is 0. The normalized spacial score (nSPS) is 21.3. The topological polar surface area (TPSA) is 81.9 Å². The molecule has 2 fully saturated rings. The van der Waals surface area contributed by atoms with Gasteiger partial charge < -0.3 is 9.64 Å². The quantitative estimate of drug-likeness (QED) is 0.554. The number of hydrogen-bond acceptors (Lipinski definition) is 7. The van der Waals surface area contributed by atoms with E-state index in [1.165, 1.54) is 24.1 Å². The van der Waals surface area contributed by atoms with Crippen molar-refractivity contribution in [3.05, 3.63) is 47.5 Å². The van der Waals surface area contributed by atoms with E-state index < -0.39 is 0 Å². The van der Waals surface area contributed by atoms with E-state index >= 15 is 0 Å². The molecule has 1 saturated carbocycles. The van der Waals surface area contributed by atoms with Crippen LogP contribution in [0.25, 0.3) is 5.69 Å². The van der Waals surface area contributed by atoms with Gasteiger partial charge in [0.1, 0.15) is 5.75 Å². The zero-order valence-corrected chi connectivity index (χ0v) is 18.3. The number of tetrazole rings is 1. The zero-order valence-electron chi connectivity index (χ0n) is 17.6. The molecule has 2 atom stereocenters. The summed E-state index contributed by atoms with van der Waals surface area (Å²) in [6.07, 6.45) is 8.23. The minimum Gasteiger partial charge on any atom is -0.494 e. The Bertz CT molecular complexity index is 999. The predicted molar refractivity (Wildman–Crippen MR) is 118 cm³/mol. The van der Waals surface area contributed by atoms with Crippen molar-refractivity contribution >= 4 is 17.5 Å². The Morgan fingerprint density at radius 3 is 2.52 bits per heavy atom. The molecule has 0 bridgehead atoms. The average molecular weight is 440 g/mol. The molecule has 3 aromatic rings. The van der Waals surface area contributed by atoms with Crippen molar-refractivity contribution in [2.75, 3.05) is 24.6 Å². The number of halogens is 1. The van der Waals surface area contributed by atoms with Gasteiger partial charge in [0.15, 0.2) is 5.82 Å². The molecule has 0 radical (unpaired) electrons. The van der Waals surface area contributed by atoms with Crippen LogP contribution in [0.5, 0.6) is 5.75 Å². The van der Waals surface area contributed by atoms with Gasteiger partial charge in [-0.25, -0.2) is 9.97 Å². The first-order valence-corrected chi connectivity index (χ1v) is 11.3. The van der Waals surface area contributed by atoms with E-state index in [4.69, 9.17) is 16.3 Å². The predicted octanol–water partition coefficient (Wildman–Crippen LogP) is 3.74. The van der Waals surface area contributed by atoms with Crippen LogP contribution < -0.4 is 9.64 Å². The Morgan fingerprint density at radius 1 is 1.10 bits per heavy atom. The minimum atomic E-state index is 0.583. The number of anilines is 1. The van der Waals surface area contributed by atoms with E-state index in [0.29, 0.717) is 10.8 Å². The maximum absolute atomic E-state index is 5.97. The monoisotopic (exact) mass is 439 g/mol. The highest BCUT2D eigenvalue weighted by atomic mass is 35.5. The summed E-state index contributed by atoms with van der Waals surface area (Å²) in [5.41, 5.74) is 0.880. The van der Waals surface area contributed by atoms with Crippen LogP contribution in [-0.2, 0) is 0 Å². The fraction of sp³-hybridized carbons (Fsp3) is 0.500. The van der Waals surface area contributed by atoms with Crippen molar-refractivity contribution in [1.82, 2.24) is 30.2 Å². The molecule has 1 aromatic carbocycles. The van der Waals surface area contributed by atoms with E-state index in [0.717, 1.165) is 61.3 Å². The largest absolute Gasteiger partial charge is 0.494 e. The minimum absolute atomic E-state index is 0.583. The fourth-order valence-electron chi connectivity index (χ4n) is 4.57. The first-order valence-electron chi connectivity index (χ1n) is 10.9. The molecule has 2 aliphatic rings. The maximum Gasteiger partial charge on any atom is 0.225 e. The highest BCUT2D eigenvalue weighted by Gasteiger charge is 2.43. The lowest BCUT2D eigenvalue weighted by Gasteiger charge is -2.32. The van der Waals surface area contributed by atoms with Crippen molar-refractivity contribution in [2.24, 2.45) is 17.8 Å². The second-order valence-electron chi connectivity index (χ2n) is 8.44. The molecule has 2 unspecified atom stereocenters. The molecule has 162 valence electrons. The molecule has 8 nitrogen and oxygen atoms in total. The Kier molecular flexibility index (Phi) is 5.72. The molecule has 0 amide bonds. The zero-order chi connectivity index (χ0) is 21.2. The summed E-state index contributed by atoms with van der Waals surface area (Å²) in [6.45, 7) is 4.64. The van der Waals surface area contributed by atoms with Gasteiger partial charge in [-0.05, 0) is 79.8 Å². The Hall–Kier alpha value is -2.74. The van der Waals surface area contributed by atoms with Gasteiger partial charge in [0.2, 0.25) is 5.95 Å². The summed E-state index contributed by atoms with van der Waals surface area (Å²) >= 11 is 5.89. The van der Waals surface area contributed by atoms with Gasteiger partial charge >= 0.3 is 0 Å². The third kappa shape index (κ3) is 4.79. The Balaban J connectivity index is 1.03. The van der Waals surface area contributed by atoms with Crippen molar-refractivity contribution in [2.45, 2.75) is 32.6 Å². The molecular weight excluding hydrogens is 414 g/mol. The number of nitrogens with zero attached hydrogens (tertiary/aromatic N) is 7. The highest BCUT2D eigenvalue weighted by Crippen LogP contribution is 2.49. The molecule has 5 rings (SSSR count). The second-order valence-corrected chi connectivity index (χ2v) is 8.88. The van der Waals surface area contributed by atoms with Gasteiger partial charge in [0.05, 0.1) is 29.7 Å². The van der Waals surface area contributed by atoms with E-state index in [1.807, 2.05) is 31.2 Å². The first-order chi connectivity index (χ1) is 15.2. The lowest BCUT2D eigenvalue weighted by molar-refractivity contribution is 0.284. The molecule has 0 spiro atoms. The van der Waals surface area contributed by atoms with E-state index in [9.17, 15) is 0 Å². The van der Waals surface area contributed by atoms with E-state index in [1.54, 1.807) is 12.4 Å². The van der Waals surface area contributed by atoms with Gasteiger partial charge in [0, 0.05) is 13.1 Å². The molecular formula is C22H26ClN7O. The molecule has 31 heavy (non-hydrogen) atoms. The lowest BCUT2D eigenvalue weighted by Crippen LogP contribution is -2.35.